The number of rotatable bonds is 5. The molecule has 3 rings (SSSR count). The highest BCUT2D eigenvalue weighted by Gasteiger charge is 2.14. The topological polar surface area (TPSA) is 56.7 Å². The van der Waals surface area contributed by atoms with Gasteiger partial charge in [-0.2, -0.15) is 0 Å². The Balaban J connectivity index is 1.90. The van der Waals surface area contributed by atoms with Gasteiger partial charge < -0.3 is 10.3 Å². The number of nitrogens with two attached hydrogens (primary N) is 1. The molecule has 4 heteroatoms. The predicted molar refractivity (Wildman–Crippen MR) is 84.9 cm³/mol. The van der Waals surface area contributed by atoms with E-state index in [1.165, 1.54) is 5.39 Å². The average Bonchev–Trinajstić information content (AvgIpc) is 2.94. The molecule has 21 heavy (non-hydrogen) atoms. The molecule has 0 saturated carbocycles. The molecule has 1 atom stereocenters. The molecule has 1 aromatic carbocycles. The number of hydrogen-bond donors (Lipinski definition) is 1. The lowest BCUT2D eigenvalue weighted by atomic mass is 10.0. The predicted octanol–water partition coefficient (Wildman–Crippen LogP) is 3.08. The van der Waals surface area contributed by atoms with Crippen LogP contribution in [0.1, 0.15) is 30.9 Å². The van der Waals surface area contributed by atoms with E-state index < -0.39 is 0 Å². The Morgan fingerprint density at radius 1 is 1.14 bits per heavy atom. The average molecular weight is 280 g/mol. The first-order valence-electron chi connectivity index (χ1n) is 7.39. The van der Waals surface area contributed by atoms with Gasteiger partial charge >= 0.3 is 0 Å². The largest absolute Gasteiger partial charge is 0.335 e. The molecule has 0 aliphatic rings. The first-order valence-corrected chi connectivity index (χ1v) is 7.39. The summed E-state index contributed by atoms with van der Waals surface area (Å²) >= 11 is 0. The zero-order valence-electron chi connectivity index (χ0n) is 12.2. The molecule has 108 valence electrons. The highest BCUT2D eigenvalue weighted by atomic mass is 15.1. The van der Waals surface area contributed by atoms with E-state index in [9.17, 15) is 0 Å². The first kappa shape index (κ1) is 13.8. The maximum absolute atomic E-state index is 6.40. The van der Waals surface area contributed by atoms with Gasteiger partial charge in [-0.25, -0.2) is 4.98 Å². The van der Waals surface area contributed by atoms with E-state index in [1.54, 1.807) is 0 Å². The minimum absolute atomic E-state index is 0.144. The Morgan fingerprint density at radius 3 is 2.86 bits per heavy atom. The number of pyridine rings is 1. The monoisotopic (exact) mass is 280 g/mol. The molecule has 0 aliphatic heterocycles. The smallest absolute Gasteiger partial charge is 0.110 e. The van der Waals surface area contributed by atoms with Crippen LogP contribution in [0.2, 0.25) is 0 Å². The Kier molecular flexibility index (Phi) is 3.97. The normalized spacial score (nSPS) is 12.7. The maximum Gasteiger partial charge on any atom is 0.110 e. The molecule has 0 aliphatic carbocycles. The van der Waals surface area contributed by atoms with Crippen molar-refractivity contribution in [3.05, 3.63) is 60.4 Å². The molecule has 2 N–H and O–H groups in total. The van der Waals surface area contributed by atoms with Crippen molar-refractivity contribution in [2.24, 2.45) is 5.73 Å². The summed E-state index contributed by atoms with van der Waals surface area (Å²) < 4.78 is 2.17. The van der Waals surface area contributed by atoms with Crippen LogP contribution < -0.4 is 5.73 Å². The van der Waals surface area contributed by atoms with Gasteiger partial charge in [0.05, 0.1) is 11.7 Å². The number of benzene rings is 1. The van der Waals surface area contributed by atoms with Crippen LogP contribution in [0.4, 0.5) is 0 Å². The van der Waals surface area contributed by atoms with Crippen LogP contribution in [0, 0.1) is 0 Å². The van der Waals surface area contributed by atoms with E-state index in [0.29, 0.717) is 6.42 Å². The quantitative estimate of drug-likeness (QED) is 0.781. The molecule has 1 unspecified atom stereocenters. The van der Waals surface area contributed by atoms with Crippen LogP contribution >= 0.6 is 0 Å². The molecule has 2 heterocycles. The number of hydrogen-bond acceptors (Lipinski definition) is 3. The Bertz CT molecular complexity index is 727. The fourth-order valence-corrected chi connectivity index (χ4v) is 2.71. The van der Waals surface area contributed by atoms with Crippen molar-refractivity contribution in [1.82, 2.24) is 14.5 Å². The lowest BCUT2D eigenvalue weighted by Gasteiger charge is -2.14. The van der Waals surface area contributed by atoms with Crippen molar-refractivity contribution >= 4 is 10.8 Å². The highest BCUT2D eigenvalue weighted by Crippen LogP contribution is 2.22. The van der Waals surface area contributed by atoms with Crippen LogP contribution in [0.3, 0.4) is 0 Å². The van der Waals surface area contributed by atoms with Gasteiger partial charge in [0, 0.05) is 36.9 Å². The van der Waals surface area contributed by atoms with Crippen LogP contribution in [0.5, 0.6) is 0 Å². The van der Waals surface area contributed by atoms with Crippen molar-refractivity contribution in [2.75, 3.05) is 0 Å². The molecular weight excluding hydrogens is 260 g/mol. The first-order chi connectivity index (χ1) is 10.3. The number of fused-ring (bicyclic) bond motifs is 1. The summed E-state index contributed by atoms with van der Waals surface area (Å²) in [6, 6.07) is 10.1. The van der Waals surface area contributed by atoms with Crippen molar-refractivity contribution < 1.29 is 0 Å². The zero-order valence-corrected chi connectivity index (χ0v) is 12.2. The summed E-state index contributed by atoms with van der Waals surface area (Å²) in [4.78, 5) is 8.94. The van der Waals surface area contributed by atoms with Crippen molar-refractivity contribution in [2.45, 2.75) is 32.4 Å². The van der Waals surface area contributed by atoms with Gasteiger partial charge in [0.15, 0.2) is 0 Å². The molecule has 0 saturated heterocycles. The Hall–Kier alpha value is -2.20. The van der Waals surface area contributed by atoms with E-state index in [2.05, 4.69) is 33.6 Å². The zero-order chi connectivity index (χ0) is 14.7. The number of imidazole rings is 1. The van der Waals surface area contributed by atoms with E-state index in [-0.39, 0.29) is 6.04 Å². The van der Waals surface area contributed by atoms with Gasteiger partial charge in [0.25, 0.3) is 0 Å². The number of nitrogens with zero attached hydrogens (tertiary/aromatic N) is 3. The Labute approximate surface area is 124 Å². The summed E-state index contributed by atoms with van der Waals surface area (Å²) in [5, 5.41) is 2.30. The van der Waals surface area contributed by atoms with Gasteiger partial charge in [-0.1, -0.05) is 31.2 Å². The highest BCUT2D eigenvalue weighted by molar-refractivity contribution is 5.84. The van der Waals surface area contributed by atoms with Crippen LogP contribution in [-0.4, -0.2) is 14.5 Å². The van der Waals surface area contributed by atoms with Crippen LogP contribution in [-0.2, 0) is 13.0 Å². The Morgan fingerprint density at radius 2 is 2.00 bits per heavy atom. The lowest BCUT2D eigenvalue weighted by Crippen LogP contribution is -2.18. The third-order valence-electron chi connectivity index (χ3n) is 3.72. The second-order valence-corrected chi connectivity index (χ2v) is 5.26. The summed E-state index contributed by atoms with van der Waals surface area (Å²) in [6.45, 7) is 3.14. The minimum Gasteiger partial charge on any atom is -0.335 e. The van der Waals surface area contributed by atoms with Crippen molar-refractivity contribution in [3.8, 4) is 0 Å². The molecule has 0 radical (unpaired) electrons. The summed E-state index contributed by atoms with van der Waals surface area (Å²) in [6.07, 6.45) is 7.48. The third kappa shape index (κ3) is 2.81. The van der Waals surface area contributed by atoms with Crippen molar-refractivity contribution in [3.63, 3.8) is 0 Å². The van der Waals surface area contributed by atoms with E-state index in [4.69, 9.17) is 5.73 Å². The fraction of sp³-hybridized carbons (Fsp3) is 0.294. The van der Waals surface area contributed by atoms with Gasteiger partial charge in [-0.15, -0.1) is 0 Å². The molecule has 0 bridgehead atoms. The minimum atomic E-state index is -0.144. The lowest BCUT2D eigenvalue weighted by molar-refractivity contribution is 0.594. The fourth-order valence-electron chi connectivity index (χ4n) is 2.71. The van der Waals surface area contributed by atoms with Gasteiger partial charge in [0.1, 0.15) is 5.82 Å². The van der Waals surface area contributed by atoms with Crippen LogP contribution in [0.15, 0.2) is 48.9 Å². The standard InChI is InChI=1S/C17H20N4/c1-2-10-21-11-9-19-16(21)12-15(18)17-14-6-4-3-5-13(14)7-8-20-17/h3-9,11,15H,2,10,12,18H2,1H3. The van der Waals surface area contributed by atoms with Crippen LogP contribution in [0.25, 0.3) is 10.8 Å². The molecule has 0 spiro atoms. The molecule has 0 amide bonds. The molecular formula is C17H20N4. The van der Waals surface area contributed by atoms with E-state index in [1.807, 2.05) is 36.8 Å². The van der Waals surface area contributed by atoms with Gasteiger partial charge in [-0.3, -0.25) is 4.98 Å². The molecule has 2 aromatic heterocycles. The molecule has 0 fully saturated rings. The molecule has 3 aromatic rings. The van der Waals surface area contributed by atoms with E-state index >= 15 is 0 Å². The second kappa shape index (κ2) is 6.06. The number of aryl methyl sites for hydroxylation is 1. The van der Waals surface area contributed by atoms with Gasteiger partial charge in [-0.05, 0) is 17.9 Å². The SMILES string of the molecule is CCCn1ccnc1CC(N)c1nccc2ccccc12. The van der Waals surface area contributed by atoms with E-state index in [0.717, 1.165) is 29.9 Å². The molecule has 4 nitrogen and oxygen atoms in total. The van der Waals surface area contributed by atoms with Gasteiger partial charge in [0.2, 0.25) is 0 Å². The summed E-state index contributed by atoms with van der Waals surface area (Å²) in [5.74, 6) is 1.03. The maximum atomic E-state index is 6.40. The third-order valence-corrected chi connectivity index (χ3v) is 3.72. The van der Waals surface area contributed by atoms with Crippen molar-refractivity contribution in [1.29, 1.82) is 0 Å². The summed E-state index contributed by atoms with van der Waals surface area (Å²) in [7, 11) is 0. The second-order valence-electron chi connectivity index (χ2n) is 5.26. The summed E-state index contributed by atoms with van der Waals surface area (Å²) in [5.41, 5.74) is 7.35. The number of aromatic nitrogens is 3.